The molecule has 7 rings (SSSR count). The van der Waals surface area contributed by atoms with Crippen LogP contribution in [-0.4, -0.2) is 11.4 Å². The molecule has 1 N–H and O–H groups in total. The van der Waals surface area contributed by atoms with Gasteiger partial charge in [0, 0.05) is 29.1 Å². The van der Waals surface area contributed by atoms with Gasteiger partial charge in [0.1, 0.15) is 0 Å². The van der Waals surface area contributed by atoms with E-state index in [-0.39, 0.29) is 0 Å². The van der Waals surface area contributed by atoms with Crippen LogP contribution < -0.4 is 15.3 Å². The number of rotatable bonds is 8. The molecular weight excluding hydrogens is 655 g/mol. The van der Waals surface area contributed by atoms with Crippen molar-refractivity contribution in [1.29, 1.82) is 5.41 Å². The molecular formula is C51H45N3. The maximum atomic E-state index is 9.34. The van der Waals surface area contributed by atoms with Crippen molar-refractivity contribution in [2.75, 3.05) is 4.90 Å². The summed E-state index contributed by atoms with van der Waals surface area (Å²) in [6.07, 6.45) is 19.9. The first kappa shape index (κ1) is 35.8. The molecule has 0 unspecified atom stereocenters. The Morgan fingerprint density at radius 1 is 0.833 bits per heavy atom. The standard InChI is InChI=1S/C51H45N3/c1-6-7-17-41-24-16-27-50(51(41)52)54-48-26-15-23-39(37(48)4)18-11-12-22-45-33-42(30-31-49(45)54)43-29-28-35(2)47(34-43)46-25-14-13-21-44(46)32-36(3)53-38(5)40-19-9-8-10-20-40/h6-21,23-31,33-34,52H,3-4,22,32H2,1-2,5H3/b7-6-,12-11-,39-18-,41-17-,52-51?,53-38+. The Morgan fingerprint density at radius 3 is 2.44 bits per heavy atom. The number of hydrogen-bond donors (Lipinski definition) is 1. The van der Waals surface area contributed by atoms with Gasteiger partial charge in [0.05, 0.1) is 17.1 Å². The molecule has 1 heterocycles. The Kier molecular flexibility index (Phi) is 10.6. The highest BCUT2D eigenvalue weighted by atomic mass is 15.2. The third kappa shape index (κ3) is 7.49. The summed E-state index contributed by atoms with van der Waals surface area (Å²) in [6, 6.07) is 38.6. The second-order valence-electron chi connectivity index (χ2n) is 13.7. The zero-order valence-electron chi connectivity index (χ0n) is 31.3. The van der Waals surface area contributed by atoms with Gasteiger partial charge in [-0.3, -0.25) is 10.4 Å². The van der Waals surface area contributed by atoms with Gasteiger partial charge in [-0.15, -0.1) is 0 Å². The van der Waals surface area contributed by atoms with Crippen molar-refractivity contribution in [3.8, 4) is 22.3 Å². The Morgan fingerprint density at radius 2 is 1.61 bits per heavy atom. The first-order chi connectivity index (χ1) is 26.3. The predicted molar refractivity (Wildman–Crippen MR) is 232 cm³/mol. The fourth-order valence-corrected chi connectivity index (χ4v) is 7.21. The smallest absolute Gasteiger partial charge is 0.0852 e. The number of nitrogens with one attached hydrogen (secondary N) is 1. The fraction of sp³-hybridized carbons (Fsp3) is 0.0980. The summed E-state index contributed by atoms with van der Waals surface area (Å²) in [7, 11) is 0. The number of hydrogen-bond acceptors (Lipinski definition) is 3. The molecule has 0 spiro atoms. The van der Waals surface area contributed by atoms with Crippen LogP contribution in [0.15, 0.2) is 186 Å². The molecule has 1 aliphatic heterocycles. The van der Waals surface area contributed by atoms with E-state index in [0.717, 1.165) is 73.2 Å². The van der Waals surface area contributed by atoms with E-state index in [4.69, 9.17) is 4.99 Å². The highest BCUT2D eigenvalue weighted by molar-refractivity contribution is 6.16. The van der Waals surface area contributed by atoms with Crippen molar-refractivity contribution in [3.63, 3.8) is 0 Å². The van der Waals surface area contributed by atoms with Crippen LogP contribution >= 0.6 is 0 Å². The third-order valence-electron chi connectivity index (χ3n) is 10.1. The molecule has 0 saturated carbocycles. The van der Waals surface area contributed by atoms with Gasteiger partial charge >= 0.3 is 0 Å². The van der Waals surface area contributed by atoms with E-state index >= 15 is 0 Å². The Hall–Kier alpha value is -6.58. The number of aryl methyl sites for hydroxylation is 1. The minimum absolute atomic E-state index is 0.470. The third-order valence-corrected chi connectivity index (χ3v) is 10.1. The number of fused-ring (bicyclic) bond motifs is 3. The highest BCUT2D eigenvalue weighted by Gasteiger charge is 2.25. The monoisotopic (exact) mass is 699 g/mol. The summed E-state index contributed by atoms with van der Waals surface area (Å²) in [5, 5.41) is 11.3. The van der Waals surface area contributed by atoms with Gasteiger partial charge in [0.2, 0.25) is 0 Å². The molecule has 0 saturated heterocycles. The molecule has 2 bridgehead atoms. The first-order valence-corrected chi connectivity index (χ1v) is 18.5. The Bertz CT molecular complexity index is 2570. The lowest BCUT2D eigenvalue weighted by Crippen LogP contribution is -2.34. The quantitative estimate of drug-likeness (QED) is 0.161. The van der Waals surface area contributed by atoms with Gasteiger partial charge in [-0.2, -0.15) is 0 Å². The van der Waals surface area contributed by atoms with Crippen molar-refractivity contribution in [2.24, 2.45) is 4.99 Å². The molecule has 0 radical (unpaired) electrons. The average molecular weight is 700 g/mol. The van der Waals surface area contributed by atoms with Crippen molar-refractivity contribution in [2.45, 2.75) is 33.6 Å². The summed E-state index contributed by atoms with van der Waals surface area (Å²) in [4.78, 5) is 7.11. The summed E-state index contributed by atoms with van der Waals surface area (Å²) >= 11 is 0. The van der Waals surface area contributed by atoms with Gasteiger partial charge < -0.3 is 4.90 Å². The molecule has 0 aromatic heterocycles. The molecule has 5 aromatic rings. The number of nitrogens with zero attached hydrogens (tertiary/aromatic N) is 2. The SMILES string of the molecule is C=C(Cc1ccccc1-c1cc(-c2ccc3c(c2)C/C=C\C=c2\cccc(c2=C)N3C2=CC=C/C(=C/C=C\C)C2=N)ccc1C)/N=C(\C)c1ccccc1. The van der Waals surface area contributed by atoms with Crippen LogP contribution in [0.3, 0.4) is 0 Å². The van der Waals surface area contributed by atoms with E-state index in [1.54, 1.807) is 0 Å². The molecule has 1 aliphatic carbocycles. The largest absolute Gasteiger partial charge is 0.307 e. The molecule has 264 valence electrons. The number of allylic oxidation sites excluding steroid dienone is 10. The molecule has 2 aliphatic rings. The number of benzene rings is 5. The number of anilines is 2. The predicted octanol–water partition coefficient (Wildman–Crippen LogP) is 11.3. The maximum absolute atomic E-state index is 9.34. The molecule has 5 aromatic carbocycles. The molecule has 3 nitrogen and oxygen atoms in total. The van der Waals surface area contributed by atoms with E-state index in [1.165, 1.54) is 22.3 Å². The first-order valence-electron chi connectivity index (χ1n) is 18.5. The van der Waals surface area contributed by atoms with Gasteiger partial charge in [0.25, 0.3) is 0 Å². The summed E-state index contributed by atoms with van der Waals surface area (Å²) in [6.45, 7) is 15.1. The average Bonchev–Trinajstić information content (AvgIpc) is 3.18. The van der Waals surface area contributed by atoms with Crippen LogP contribution in [0.4, 0.5) is 11.4 Å². The van der Waals surface area contributed by atoms with Crippen molar-refractivity contribution in [1.82, 2.24) is 0 Å². The second-order valence-corrected chi connectivity index (χ2v) is 13.7. The normalized spacial score (nSPS) is 16.1. The van der Waals surface area contributed by atoms with E-state index in [0.29, 0.717) is 12.1 Å². The minimum Gasteiger partial charge on any atom is -0.307 e. The van der Waals surface area contributed by atoms with Gasteiger partial charge in [-0.1, -0.05) is 147 Å². The van der Waals surface area contributed by atoms with Crippen molar-refractivity contribution >= 4 is 35.5 Å². The van der Waals surface area contributed by atoms with Gasteiger partial charge in [-0.05, 0) is 112 Å². The fourth-order valence-electron chi connectivity index (χ4n) is 7.21. The molecule has 54 heavy (non-hydrogen) atoms. The van der Waals surface area contributed by atoms with Gasteiger partial charge in [0.15, 0.2) is 0 Å². The van der Waals surface area contributed by atoms with Crippen LogP contribution in [0.25, 0.3) is 34.9 Å². The van der Waals surface area contributed by atoms with Crippen molar-refractivity contribution in [3.05, 3.63) is 214 Å². The zero-order valence-corrected chi connectivity index (χ0v) is 31.3. The lowest BCUT2D eigenvalue weighted by Gasteiger charge is -2.32. The van der Waals surface area contributed by atoms with Crippen LogP contribution in [0.5, 0.6) is 0 Å². The lowest BCUT2D eigenvalue weighted by atomic mass is 9.90. The Labute approximate surface area is 319 Å². The lowest BCUT2D eigenvalue weighted by molar-refractivity contribution is 1.12. The summed E-state index contributed by atoms with van der Waals surface area (Å²) in [5.74, 6) is 0. The van der Waals surface area contributed by atoms with Crippen LogP contribution in [0.2, 0.25) is 0 Å². The van der Waals surface area contributed by atoms with E-state index < -0.39 is 0 Å². The van der Waals surface area contributed by atoms with Gasteiger partial charge in [-0.25, -0.2) is 0 Å². The molecule has 0 atom stereocenters. The van der Waals surface area contributed by atoms with Crippen LogP contribution in [0, 0.1) is 12.3 Å². The van der Waals surface area contributed by atoms with E-state index in [2.05, 4.69) is 134 Å². The maximum Gasteiger partial charge on any atom is 0.0852 e. The summed E-state index contributed by atoms with van der Waals surface area (Å²) in [5.41, 5.74) is 15.3. The van der Waals surface area contributed by atoms with E-state index in [9.17, 15) is 5.41 Å². The summed E-state index contributed by atoms with van der Waals surface area (Å²) < 4.78 is 0. The van der Waals surface area contributed by atoms with Crippen molar-refractivity contribution < 1.29 is 0 Å². The molecule has 3 heteroatoms. The minimum atomic E-state index is 0.470. The number of aliphatic imine (C=N–C) groups is 1. The molecule has 0 fully saturated rings. The Balaban J connectivity index is 1.29. The molecule has 0 amide bonds. The highest BCUT2D eigenvalue weighted by Crippen LogP contribution is 2.38. The van der Waals surface area contributed by atoms with E-state index in [1.807, 2.05) is 68.5 Å². The van der Waals surface area contributed by atoms with Crippen LogP contribution in [0.1, 0.15) is 36.1 Å². The topological polar surface area (TPSA) is 39.5 Å². The van der Waals surface area contributed by atoms with Crippen LogP contribution in [-0.2, 0) is 12.8 Å². The zero-order chi connectivity index (χ0) is 37.6. The second kappa shape index (κ2) is 16.0.